The third-order valence-corrected chi connectivity index (χ3v) is 7.37. The molecule has 1 aromatic carbocycles. The number of hydrogen-bond donors (Lipinski definition) is 1. The van der Waals surface area contributed by atoms with Gasteiger partial charge in [-0.2, -0.15) is 4.31 Å². The number of carbonyl (C=O) groups is 2. The van der Waals surface area contributed by atoms with Crippen molar-refractivity contribution < 1.29 is 27.5 Å². The van der Waals surface area contributed by atoms with Crippen molar-refractivity contribution in [2.24, 2.45) is 0 Å². The highest BCUT2D eigenvalue weighted by atomic mass is 35.5. The monoisotopic (exact) mass is 444 g/mol. The van der Waals surface area contributed by atoms with Crippen LogP contribution in [0.1, 0.15) is 42.5 Å². The minimum absolute atomic E-state index is 0.00605. The van der Waals surface area contributed by atoms with Crippen LogP contribution in [-0.4, -0.2) is 63.6 Å². The number of carbonyl (C=O) groups excluding carboxylic acids is 2. The predicted octanol–water partition coefficient (Wildman–Crippen LogP) is 1.97. The number of rotatable bonds is 7. The maximum atomic E-state index is 12.9. The predicted molar refractivity (Wildman–Crippen MR) is 106 cm³/mol. The van der Waals surface area contributed by atoms with E-state index in [0.29, 0.717) is 26.2 Å². The number of ether oxygens (including phenoxy) is 2. The Bertz CT molecular complexity index is 848. The number of amides is 1. The molecule has 0 aromatic heterocycles. The Hall–Kier alpha value is -1.68. The summed E-state index contributed by atoms with van der Waals surface area (Å²) in [6, 6.07) is 3.94. The van der Waals surface area contributed by atoms with Crippen LogP contribution in [0.25, 0.3) is 0 Å². The molecule has 29 heavy (non-hydrogen) atoms. The Labute approximate surface area is 175 Å². The molecule has 0 unspecified atom stereocenters. The summed E-state index contributed by atoms with van der Waals surface area (Å²) in [5.41, 5.74) is 0.0249. The zero-order valence-corrected chi connectivity index (χ0v) is 17.6. The van der Waals surface area contributed by atoms with Gasteiger partial charge in [0.1, 0.15) is 4.90 Å². The molecule has 1 aromatic rings. The molecule has 3 rings (SSSR count). The van der Waals surface area contributed by atoms with Crippen LogP contribution >= 0.6 is 11.6 Å². The SMILES string of the molecule is O=C(COC(=O)c1ccc(Cl)c(S(=O)(=O)N2CCCCC2)c1)NC[C@@H]1CCCO1. The molecule has 2 aliphatic rings. The van der Waals surface area contributed by atoms with Crippen LogP contribution in [-0.2, 0) is 24.3 Å². The van der Waals surface area contributed by atoms with Gasteiger partial charge < -0.3 is 14.8 Å². The molecule has 0 bridgehead atoms. The Morgan fingerprint density at radius 3 is 2.66 bits per heavy atom. The van der Waals surface area contributed by atoms with E-state index >= 15 is 0 Å². The quantitative estimate of drug-likeness (QED) is 0.645. The number of halogens is 1. The maximum Gasteiger partial charge on any atom is 0.338 e. The van der Waals surface area contributed by atoms with E-state index in [1.807, 2.05) is 0 Å². The lowest BCUT2D eigenvalue weighted by atomic mass is 10.2. The molecule has 0 spiro atoms. The molecule has 1 amide bonds. The van der Waals surface area contributed by atoms with Gasteiger partial charge in [0.15, 0.2) is 6.61 Å². The van der Waals surface area contributed by atoms with Crippen LogP contribution in [0.4, 0.5) is 0 Å². The normalized spacial score (nSPS) is 20.4. The molecule has 0 aliphatic carbocycles. The smallest absolute Gasteiger partial charge is 0.338 e. The molecule has 8 nitrogen and oxygen atoms in total. The third kappa shape index (κ3) is 5.69. The van der Waals surface area contributed by atoms with Gasteiger partial charge in [0.2, 0.25) is 10.0 Å². The van der Waals surface area contributed by atoms with E-state index in [-0.39, 0.29) is 21.6 Å². The van der Waals surface area contributed by atoms with E-state index in [9.17, 15) is 18.0 Å². The Balaban J connectivity index is 1.60. The molecule has 2 aliphatic heterocycles. The van der Waals surface area contributed by atoms with Gasteiger partial charge in [-0.1, -0.05) is 18.0 Å². The van der Waals surface area contributed by atoms with Crippen LogP contribution in [0, 0.1) is 0 Å². The summed E-state index contributed by atoms with van der Waals surface area (Å²) in [5, 5.41) is 2.70. The average Bonchev–Trinajstić information content (AvgIpc) is 3.25. The lowest BCUT2D eigenvalue weighted by molar-refractivity contribution is -0.124. The first-order valence-corrected chi connectivity index (χ1v) is 11.5. The van der Waals surface area contributed by atoms with Gasteiger partial charge in [0, 0.05) is 26.2 Å². The zero-order chi connectivity index (χ0) is 20.9. The van der Waals surface area contributed by atoms with Crippen molar-refractivity contribution in [3.8, 4) is 0 Å². The third-order valence-electron chi connectivity index (χ3n) is 4.99. The van der Waals surface area contributed by atoms with Crippen molar-refractivity contribution in [3.05, 3.63) is 28.8 Å². The van der Waals surface area contributed by atoms with Gasteiger partial charge in [-0.05, 0) is 43.9 Å². The van der Waals surface area contributed by atoms with Gasteiger partial charge in [-0.15, -0.1) is 0 Å². The molecule has 1 atom stereocenters. The first kappa shape index (κ1) is 22.0. The van der Waals surface area contributed by atoms with Crippen LogP contribution < -0.4 is 5.32 Å². The highest BCUT2D eigenvalue weighted by Gasteiger charge is 2.29. The molecule has 2 heterocycles. The van der Waals surface area contributed by atoms with Crippen molar-refractivity contribution in [2.45, 2.75) is 43.1 Å². The number of piperidine rings is 1. The van der Waals surface area contributed by atoms with Gasteiger partial charge in [0.05, 0.1) is 16.7 Å². The first-order valence-electron chi connectivity index (χ1n) is 9.73. The van der Waals surface area contributed by atoms with Crippen molar-refractivity contribution >= 4 is 33.5 Å². The second-order valence-corrected chi connectivity index (χ2v) is 9.44. The van der Waals surface area contributed by atoms with E-state index in [1.165, 1.54) is 22.5 Å². The Morgan fingerprint density at radius 2 is 1.97 bits per heavy atom. The standard InChI is InChI=1S/C19H25ClN2O6S/c20-16-7-6-14(11-17(16)29(25,26)22-8-2-1-3-9-22)19(24)28-13-18(23)21-12-15-5-4-10-27-15/h6-7,11,15H,1-5,8-10,12-13H2,(H,21,23)/t15-/m0/s1. The fourth-order valence-corrected chi connectivity index (χ4v) is 5.39. The molecule has 1 N–H and O–H groups in total. The summed E-state index contributed by atoms with van der Waals surface area (Å²) in [7, 11) is -3.80. The van der Waals surface area contributed by atoms with E-state index < -0.39 is 28.5 Å². The molecule has 2 fully saturated rings. The Morgan fingerprint density at radius 1 is 1.21 bits per heavy atom. The van der Waals surface area contributed by atoms with Crippen molar-refractivity contribution in [2.75, 3.05) is 32.8 Å². The van der Waals surface area contributed by atoms with Crippen LogP contribution in [0.3, 0.4) is 0 Å². The van der Waals surface area contributed by atoms with Gasteiger partial charge >= 0.3 is 5.97 Å². The Kier molecular flexibility index (Phi) is 7.50. The first-order chi connectivity index (χ1) is 13.9. The summed E-state index contributed by atoms with van der Waals surface area (Å²) >= 11 is 6.10. The summed E-state index contributed by atoms with van der Waals surface area (Å²) in [6.45, 7) is 1.46. The average molecular weight is 445 g/mol. The lowest BCUT2D eigenvalue weighted by Crippen LogP contribution is -2.36. The molecule has 10 heteroatoms. The molecule has 160 valence electrons. The number of benzene rings is 1. The van der Waals surface area contributed by atoms with E-state index in [1.54, 1.807) is 0 Å². The summed E-state index contributed by atoms with van der Waals surface area (Å²) in [5.74, 6) is -1.23. The van der Waals surface area contributed by atoms with E-state index in [2.05, 4.69) is 5.32 Å². The molecule has 0 saturated carbocycles. The maximum absolute atomic E-state index is 12.9. The van der Waals surface area contributed by atoms with Crippen LogP contribution in [0.5, 0.6) is 0 Å². The zero-order valence-electron chi connectivity index (χ0n) is 16.1. The second kappa shape index (κ2) is 9.88. The highest BCUT2D eigenvalue weighted by molar-refractivity contribution is 7.89. The number of esters is 1. The molecular formula is C19H25ClN2O6S. The fraction of sp³-hybridized carbons (Fsp3) is 0.579. The summed E-state index contributed by atoms with van der Waals surface area (Å²) in [6.07, 6.45) is 4.42. The number of nitrogens with one attached hydrogen (secondary N) is 1. The van der Waals surface area contributed by atoms with E-state index in [4.69, 9.17) is 21.1 Å². The summed E-state index contributed by atoms with van der Waals surface area (Å²) in [4.78, 5) is 24.0. The van der Waals surface area contributed by atoms with Crippen molar-refractivity contribution in [1.82, 2.24) is 9.62 Å². The van der Waals surface area contributed by atoms with Gasteiger partial charge in [-0.25, -0.2) is 13.2 Å². The summed E-state index contributed by atoms with van der Waals surface area (Å²) < 4.78 is 37.6. The van der Waals surface area contributed by atoms with Crippen LogP contribution in [0.15, 0.2) is 23.1 Å². The second-order valence-electron chi connectivity index (χ2n) is 7.13. The topological polar surface area (TPSA) is 102 Å². The largest absolute Gasteiger partial charge is 0.452 e. The van der Waals surface area contributed by atoms with Gasteiger partial charge in [0.25, 0.3) is 5.91 Å². The number of sulfonamides is 1. The number of nitrogens with zero attached hydrogens (tertiary/aromatic N) is 1. The minimum atomic E-state index is -3.80. The van der Waals surface area contributed by atoms with E-state index in [0.717, 1.165) is 32.1 Å². The fourth-order valence-electron chi connectivity index (χ4n) is 3.37. The van der Waals surface area contributed by atoms with Crippen LogP contribution in [0.2, 0.25) is 5.02 Å². The highest BCUT2D eigenvalue weighted by Crippen LogP contribution is 2.28. The molecule has 2 saturated heterocycles. The number of hydrogen-bond acceptors (Lipinski definition) is 6. The van der Waals surface area contributed by atoms with Crippen molar-refractivity contribution in [3.63, 3.8) is 0 Å². The lowest BCUT2D eigenvalue weighted by Gasteiger charge is -2.26. The molecule has 0 radical (unpaired) electrons. The van der Waals surface area contributed by atoms with Gasteiger partial charge in [-0.3, -0.25) is 4.79 Å². The minimum Gasteiger partial charge on any atom is -0.452 e. The van der Waals surface area contributed by atoms with Crippen molar-refractivity contribution in [1.29, 1.82) is 0 Å². The molecular weight excluding hydrogens is 420 g/mol.